The highest BCUT2D eigenvalue weighted by atomic mass is 16.6. The quantitative estimate of drug-likeness (QED) is 0.319. The van der Waals surface area contributed by atoms with Crippen LogP contribution in [0.4, 0.5) is 0 Å². The van der Waals surface area contributed by atoms with Crippen molar-refractivity contribution in [1.29, 1.82) is 0 Å². The molecule has 0 radical (unpaired) electrons. The number of hydrogen-bond acceptors (Lipinski definition) is 9. The summed E-state index contributed by atoms with van der Waals surface area (Å²) in [6.07, 6.45) is 0.0544. The van der Waals surface area contributed by atoms with E-state index in [0.29, 0.717) is 6.42 Å². The van der Waals surface area contributed by atoms with Gasteiger partial charge in [0.15, 0.2) is 12.4 Å². The van der Waals surface area contributed by atoms with E-state index in [-0.39, 0.29) is 43.3 Å². The Balaban J connectivity index is 2.49. The zero-order chi connectivity index (χ0) is 38.4. The first-order chi connectivity index (χ1) is 24.0. The van der Waals surface area contributed by atoms with Gasteiger partial charge in [-0.25, -0.2) is 4.79 Å². The highest BCUT2D eigenvalue weighted by Crippen LogP contribution is 2.16. The van der Waals surface area contributed by atoms with Crippen LogP contribution >= 0.6 is 0 Å². The molecule has 0 bridgehead atoms. The lowest BCUT2D eigenvalue weighted by Crippen LogP contribution is -2.57. The lowest BCUT2D eigenvalue weighted by molar-refractivity contribution is -0.154. The van der Waals surface area contributed by atoms with Gasteiger partial charge < -0.3 is 40.3 Å². The molecule has 0 saturated carbocycles. The minimum atomic E-state index is -1.39. The third-order valence-electron chi connectivity index (χ3n) is 8.87. The number of amides is 5. The summed E-state index contributed by atoms with van der Waals surface area (Å²) in [5, 5.41) is 18.6. The molecular formula is C37H57N5O9. The predicted octanol–water partition coefficient (Wildman–Crippen LogP) is 1.70. The van der Waals surface area contributed by atoms with Crippen LogP contribution in [0.25, 0.3) is 0 Å². The Labute approximate surface area is 301 Å². The summed E-state index contributed by atoms with van der Waals surface area (Å²) < 4.78 is 11.1. The maximum absolute atomic E-state index is 14.0. The van der Waals surface area contributed by atoms with E-state index >= 15 is 0 Å². The fourth-order valence-electron chi connectivity index (χ4n) is 5.46. The molecule has 284 valence electrons. The SMILES string of the molecule is CCC(C)[C@@H]1NC(=O)CN(C)C(=O)[C@@H](Cc2ccccc2)N(C)C(=O)[C@H](C)NC(=O)[C@@H](CC(C)C)OC(=O)/C(C)=C/CCOC(O)[C@@H](C)NC1=O. The first-order valence-electron chi connectivity index (χ1n) is 17.6. The molecule has 1 heterocycles. The average Bonchev–Trinajstić information content (AvgIpc) is 3.09. The van der Waals surface area contributed by atoms with Crippen LogP contribution < -0.4 is 16.0 Å². The standard InChI is InChI=1S/C37H57N5O9/c1-10-23(4)31-33(45)39-26(7)37(49)50-18-14-15-24(5)36(48)51-29(19-22(2)3)32(44)38-25(6)34(46)42(9)28(20-27-16-12-11-13-17-27)35(47)41(8)21-30(43)40-31/h11-13,15-17,22-23,25-26,28-29,31,37,49H,10,14,18-21H2,1-9H3,(H,38,44)(H,39,45)(H,40,43)/b24-15+/t23?,25-,26+,28+,29+,31-,37?/m0/s1. The van der Waals surface area contributed by atoms with Crippen molar-refractivity contribution in [3.05, 3.63) is 47.5 Å². The van der Waals surface area contributed by atoms with Crippen LogP contribution in [-0.4, -0.2) is 114 Å². The molecule has 2 unspecified atom stereocenters. The Morgan fingerprint density at radius 1 is 0.922 bits per heavy atom. The number of aliphatic hydroxyl groups is 1. The van der Waals surface area contributed by atoms with Crippen molar-refractivity contribution >= 4 is 35.5 Å². The van der Waals surface area contributed by atoms with Crippen molar-refractivity contribution in [3.8, 4) is 0 Å². The van der Waals surface area contributed by atoms with E-state index < -0.39 is 78.6 Å². The van der Waals surface area contributed by atoms with E-state index in [2.05, 4.69) is 16.0 Å². The van der Waals surface area contributed by atoms with Crippen LogP contribution in [0.15, 0.2) is 42.0 Å². The smallest absolute Gasteiger partial charge is 0.334 e. The van der Waals surface area contributed by atoms with Gasteiger partial charge in [0.05, 0.1) is 19.2 Å². The number of hydrogen-bond donors (Lipinski definition) is 4. The molecule has 14 nitrogen and oxygen atoms in total. The monoisotopic (exact) mass is 715 g/mol. The third-order valence-corrected chi connectivity index (χ3v) is 8.87. The number of likely N-dealkylation sites (N-methyl/N-ethyl adjacent to an activating group) is 2. The number of esters is 1. The molecule has 1 aliphatic heterocycles. The molecule has 0 saturated heterocycles. The first-order valence-corrected chi connectivity index (χ1v) is 17.6. The van der Waals surface area contributed by atoms with Crippen molar-refractivity contribution in [2.75, 3.05) is 27.2 Å². The van der Waals surface area contributed by atoms with E-state index in [1.807, 2.05) is 39.0 Å². The van der Waals surface area contributed by atoms with Gasteiger partial charge in [-0.05, 0) is 51.0 Å². The molecule has 0 aliphatic carbocycles. The zero-order valence-corrected chi connectivity index (χ0v) is 31.4. The zero-order valence-electron chi connectivity index (χ0n) is 31.4. The predicted molar refractivity (Wildman–Crippen MR) is 191 cm³/mol. The summed E-state index contributed by atoms with van der Waals surface area (Å²) in [6.45, 7) is 11.6. The molecule has 1 aromatic rings. The van der Waals surface area contributed by atoms with Crippen molar-refractivity contribution in [3.63, 3.8) is 0 Å². The molecule has 5 amide bonds. The highest BCUT2D eigenvalue weighted by molar-refractivity contribution is 5.95. The molecule has 51 heavy (non-hydrogen) atoms. The average molecular weight is 716 g/mol. The van der Waals surface area contributed by atoms with Crippen LogP contribution in [0.1, 0.15) is 73.3 Å². The van der Waals surface area contributed by atoms with Gasteiger partial charge in [-0.3, -0.25) is 24.0 Å². The Hall–Kier alpha value is -4.30. The maximum Gasteiger partial charge on any atom is 0.334 e. The number of nitrogens with one attached hydrogen (secondary N) is 3. The molecule has 1 aromatic carbocycles. The van der Waals surface area contributed by atoms with E-state index in [0.717, 1.165) is 5.56 Å². The second-order valence-corrected chi connectivity index (χ2v) is 13.8. The summed E-state index contributed by atoms with van der Waals surface area (Å²) in [7, 11) is 2.89. The first kappa shape index (κ1) is 42.9. The molecule has 0 fully saturated rings. The molecule has 2 rings (SSSR count). The lowest BCUT2D eigenvalue weighted by Gasteiger charge is -2.33. The Morgan fingerprint density at radius 2 is 1.57 bits per heavy atom. The molecule has 0 spiro atoms. The third kappa shape index (κ3) is 13.4. The summed E-state index contributed by atoms with van der Waals surface area (Å²) in [4.78, 5) is 83.2. The lowest BCUT2D eigenvalue weighted by atomic mass is 9.98. The number of cyclic esters (lactones) is 1. The fourth-order valence-corrected chi connectivity index (χ4v) is 5.46. The Bertz CT molecular complexity index is 1390. The van der Waals surface area contributed by atoms with E-state index in [1.165, 1.54) is 37.7 Å². The number of carbonyl (C=O) groups excluding carboxylic acids is 6. The van der Waals surface area contributed by atoms with Crippen molar-refractivity contribution in [1.82, 2.24) is 25.8 Å². The highest BCUT2D eigenvalue weighted by Gasteiger charge is 2.35. The maximum atomic E-state index is 14.0. The molecule has 7 atom stereocenters. The Kier molecular flexibility index (Phi) is 17.3. The summed E-state index contributed by atoms with van der Waals surface area (Å²) in [5.41, 5.74) is 0.979. The van der Waals surface area contributed by atoms with Gasteiger partial charge in [0.2, 0.25) is 23.6 Å². The number of ether oxygens (including phenoxy) is 2. The van der Waals surface area contributed by atoms with E-state index in [1.54, 1.807) is 32.1 Å². The van der Waals surface area contributed by atoms with Crippen molar-refractivity contribution in [2.45, 2.75) is 111 Å². The van der Waals surface area contributed by atoms with Crippen molar-refractivity contribution < 1.29 is 43.3 Å². The topological polar surface area (TPSA) is 184 Å². The van der Waals surface area contributed by atoms with Gasteiger partial charge in [-0.1, -0.05) is 70.5 Å². The molecule has 14 heteroatoms. The summed E-state index contributed by atoms with van der Waals surface area (Å²) >= 11 is 0. The van der Waals surface area contributed by atoms with Crippen LogP contribution in [0, 0.1) is 11.8 Å². The molecule has 1 aliphatic rings. The second kappa shape index (κ2) is 20.5. The van der Waals surface area contributed by atoms with Crippen LogP contribution in [-0.2, 0) is 44.7 Å². The van der Waals surface area contributed by atoms with Gasteiger partial charge in [-0.15, -0.1) is 0 Å². The number of benzene rings is 1. The van der Waals surface area contributed by atoms with Gasteiger partial charge in [-0.2, -0.15) is 0 Å². The second-order valence-electron chi connectivity index (χ2n) is 13.8. The van der Waals surface area contributed by atoms with E-state index in [9.17, 15) is 33.9 Å². The minimum Gasteiger partial charge on any atom is -0.449 e. The number of aliphatic hydroxyl groups excluding tert-OH is 1. The van der Waals surface area contributed by atoms with E-state index in [4.69, 9.17) is 9.47 Å². The fraction of sp³-hybridized carbons (Fsp3) is 0.622. The molecule has 4 N–H and O–H groups in total. The summed E-state index contributed by atoms with van der Waals surface area (Å²) in [5.74, 6) is -3.94. The van der Waals surface area contributed by atoms with Gasteiger partial charge in [0.25, 0.3) is 5.91 Å². The van der Waals surface area contributed by atoms with Crippen LogP contribution in [0.3, 0.4) is 0 Å². The normalized spacial score (nSPS) is 27.8. The summed E-state index contributed by atoms with van der Waals surface area (Å²) in [6, 6.07) is 5.08. The van der Waals surface area contributed by atoms with Gasteiger partial charge in [0.1, 0.15) is 18.1 Å². The number of rotatable bonds is 6. The molecule has 0 aromatic heterocycles. The van der Waals surface area contributed by atoms with Gasteiger partial charge in [0, 0.05) is 26.1 Å². The Morgan fingerprint density at radius 3 is 2.18 bits per heavy atom. The number of carbonyl (C=O) groups is 6. The van der Waals surface area contributed by atoms with Gasteiger partial charge >= 0.3 is 5.97 Å². The largest absolute Gasteiger partial charge is 0.449 e. The minimum absolute atomic E-state index is 0.00616. The van der Waals surface area contributed by atoms with Crippen LogP contribution in [0.5, 0.6) is 0 Å². The van der Waals surface area contributed by atoms with Crippen LogP contribution in [0.2, 0.25) is 0 Å². The van der Waals surface area contributed by atoms with Crippen molar-refractivity contribution in [2.24, 2.45) is 11.8 Å². The molecular weight excluding hydrogens is 658 g/mol. The number of nitrogens with zero attached hydrogens (tertiary/aromatic N) is 2.